The van der Waals surface area contributed by atoms with Crippen molar-refractivity contribution in [1.82, 2.24) is 9.55 Å². The molecule has 4 rings (SSSR count). The molecule has 0 aliphatic carbocycles. The summed E-state index contributed by atoms with van der Waals surface area (Å²) in [5.41, 5.74) is 13.7. The van der Waals surface area contributed by atoms with Crippen molar-refractivity contribution < 1.29 is 0 Å². The highest BCUT2D eigenvalue weighted by atomic mass is 15.1. The van der Waals surface area contributed by atoms with E-state index in [-0.39, 0.29) is 6.04 Å². The van der Waals surface area contributed by atoms with E-state index in [1.807, 2.05) is 24.3 Å². The van der Waals surface area contributed by atoms with Crippen LogP contribution in [0, 0.1) is 13.8 Å². The molecule has 3 nitrogen and oxygen atoms in total. The van der Waals surface area contributed by atoms with E-state index in [9.17, 15) is 0 Å². The average molecular weight is 341 g/mol. The summed E-state index contributed by atoms with van der Waals surface area (Å²) < 4.78 is 2.26. The van der Waals surface area contributed by atoms with E-state index in [4.69, 9.17) is 10.7 Å². The van der Waals surface area contributed by atoms with Gasteiger partial charge in [0, 0.05) is 6.54 Å². The first kappa shape index (κ1) is 16.6. The Morgan fingerprint density at radius 3 is 2.46 bits per heavy atom. The van der Waals surface area contributed by atoms with E-state index >= 15 is 0 Å². The van der Waals surface area contributed by atoms with Gasteiger partial charge in [0.1, 0.15) is 5.82 Å². The maximum Gasteiger partial charge on any atom is 0.131 e. The van der Waals surface area contributed by atoms with Gasteiger partial charge in [0.05, 0.1) is 17.1 Å². The highest BCUT2D eigenvalue weighted by molar-refractivity contribution is 5.76. The predicted molar refractivity (Wildman–Crippen MR) is 107 cm³/mol. The molecule has 1 heterocycles. The topological polar surface area (TPSA) is 43.8 Å². The normalized spacial score (nSPS) is 12.4. The monoisotopic (exact) mass is 341 g/mol. The average Bonchev–Trinajstić information content (AvgIpc) is 3.03. The first-order valence-electron chi connectivity index (χ1n) is 8.95. The van der Waals surface area contributed by atoms with Crippen molar-refractivity contribution in [3.8, 4) is 0 Å². The number of aryl methyl sites for hydroxylation is 2. The number of imidazole rings is 1. The number of fused-ring (bicyclic) bond motifs is 1. The summed E-state index contributed by atoms with van der Waals surface area (Å²) in [6.45, 7) is 5.06. The summed E-state index contributed by atoms with van der Waals surface area (Å²) in [5.74, 6) is 0.901. The lowest BCUT2D eigenvalue weighted by atomic mass is 10.0. The molecule has 0 aliphatic rings. The number of nitrogens with zero attached hydrogens (tertiary/aromatic N) is 2. The first-order chi connectivity index (χ1) is 12.6. The zero-order chi connectivity index (χ0) is 18.1. The molecular formula is C23H23N3. The summed E-state index contributed by atoms with van der Waals surface area (Å²) in [4.78, 5) is 4.88. The molecule has 0 spiro atoms. The van der Waals surface area contributed by atoms with E-state index in [2.05, 4.69) is 66.9 Å². The standard InChI is InChI=1S/C23H23N3/c1-16-12-13-17(2)19(14-16)15-26-21-11-7-6-10-20(21)25-23(26)22(24)18-8-4-3-5-9-18/h3-14,22H,15,24H2,1-2H3/t22-/m0/s1. The zero-order valence-corrected chi connectivity index (χ0v) is 15.2. The first-order valence-corrected chi connectivity index (χ1v) is 8.95. The third kappa shape index (κ3) is 3.02. The van der Waals surface area contributed by atoms with Gasteiger partial charge in [0.25, 0.3) is 0 Å². The van der Waals surface area contributed by atoms with Gasteiger partial charge in [-0.05, 0) is 42.7 Å². The third-order valence-corrected chi connectivity index (χ3v) is 4.95. The number of hydrogen-bond acceptors (Lipinski definition) is 2. The molecule has 2 N–H and O–H groups in total. The van der Waals surface area contributed by atoms with Crippen LogP contribution in [-0.4, -0.2) is 9.55 Å². The summed E-state index contributed by atoms with van der Waals surface area (Å²) in [6.07, 6.45) is 0. The van der Waals surface area contributed by atoms with Gasteiger partial charge in [-0.25, -0.2) is 4.98 Å². The molecular weight excluding hydrogens is 318 g/mol. The van der Waals surface area contributed by atoms with Crippen LogP contribution in [0.4, 0.5) is 0 Å². The van der Waals surface area contributed by atoms with E-state index < -0.39 is 0 Å². The molecule has 3 aromatic carbocycles. The Bertz CT molecular complexity index is 1050. The van der Waals surface area contributed by atoms with Crippen LogP contribution in [0.5, 0.6) is 0 Å². The molecule has 0 amide bonds. The molecule has 4 aromatic rings. The van der Waals surface area contributed by atoms with E-state index in [0.717, 1.165) is 29.0 Å². The molecule has 0 unspecified atom stereocenters. The number of nitrogens with two attached hydrogens (primary N) is 1. The number of aromatic nitrogens is 2. The van der Waals surface area contributed by atoms with Crippen molar-refractivity contribution in [1.29, 1.82) is 0 Å². The summed E-state index contributed by atoms with van der Waals surface area (Å²) in [5, 5.41) is 0. The van der Waals surface area contributed by atoms with Gasteiger partial charge in [0.2, 0.25) is 0 Å². The Morgan fingerprint density at radius 2 is 1.65 bits per heavy atom. The van der Waals surface area contributed by atoms with Crippen molar-refractivity contribution in [3.05, 3.63) is 101 Å². The summed E-state index contributed by atoms with van der Waals surface area (Å²) >= 11 is 0. The Balaban J connectivity index is 1.86. The van der Waals surface area contributed by atoms with Crippen LogP contribution in [0.15, 0.2) is 72.8 Å². The van der Waals surface area contributed by atoms with Crippen LogP contribution in [0.1, 0.15) is 34.1 Å². The molecule has 0 saturated heterocycles. The van der Waals surface area contributed by atoms with Crippen LogP contribution < -0.4 is 5.73 Å². The molecule has 0 saturated carbocycles. The Labute approximate surface area is 154 Å². The second kappa shape index (κ2) is 6.77. The van der Waals surface area contributed by atoms with Crippen LogP contribution >= 0.6 is 0 Å². The highest BCUT2D eigenvalue weighted by Crippen LogP contribution is 2.26. The third-order valence-electron chi connectivity index (χ3n) is 4.95. The van der Waals surface area contributed by atoms with Gasteiger partial charge in [-0.15, -0.1) is 0 Å². The SMILES string of the molecule is Cc1ccc(C)c(Cn2c([C@@H](N)c3ccccc3)nc3ccccc32)c1. The summed E-state index contributed by atoms with van der Waals surface area (Å²) in [6, 6.07) is 24.8. The van der Waals surface area contributed by atoms with Crippen molar-refractivity contribution in [2.24, 2.45) is 5.73 Å². The Morgan fingerprint density at radius 1 is 0.923 bits per heavy atom. The van der Waals surface area contributed by atoms with Gasteiger partial charge in [0.15, 0.2) is 0 Å². The smallest absolute Gasteiger partial charge is 0.131 e. The molecule has 130 valence electrons. The fourth-order valence-electron chi connectivity index (χ4n) is 3.45. The molecule has 0 radical (unpaired) electrons. The number of hydrogen-bond donors (Lipinski definition) is 1. The lowest BCUT2D eigenvalue weighted by molar-refractivity contribution is 0.686. The lowest BCUT2D eigenvalue weighted by Gasteiger charge is -2.16. The molecule has 0 bridgehead atoms. The second-order valence-electron chi connectivity index (χ2n) is 6.86. The molecule has 1 aromatic heterocycles. The lowest BCUT2D eigenvalue weighted by Crippen LogP contribution is -2.18. The largest absolute Gasteiger partial charge is 0.322 e. The molecule has 1 atom stereocenters. The van der Waals surface area contributed by atoms with Crippen LogP contribution in [0.25, 0.3) is 11.0 Å². The van der Waals surface area contributed by atoms with Gasteiger partial charge in [-0.2, -0.15) is 0 Å². The van der Waals surface area contributed by atoms with Crippen LogP contribution in [0.2, 0.25) is 0 Å². The minimum absolute atomic E-state index is 0.256. The van der Waals surface area contributed by atoms with E-state index in [1.54, 1.807) is 0 Å². The van der Waals surface area contributed by atoms with Crippen LogP contribution in [-0.2, 0) is 6.54 Å². The number of rotatable bonds is 4. The molecule has 0 aliphatic heterocycles. The van der Waals surface area contributed by atoms with Crippen molar-refractivity contribution in [3.63, 3.8) is 0 Å². The van der Waals surface area contributed by atoms with E-state index in [1.165, 1.54) is 16.7 Å². The summed E-state index contributed by atoms with van der Waals surface area (Å²) in [7, 11) is 0. The fourth-order valence-corrected chi connectivity index (χ4v) is 3.45. The van der Waals surface area contributed by atoms with Gasteiger partial charge >= 0.3 is 0 Å². The molecule has 0 fully saturated rings. The molecule has 26 heavy (non-hydrogen) atoms. The minimum Gasteiger partial charge on any atom is -0.322 e. The predicted octanol–water partition coefficient (Wildman–Crippen LogP) is 4.75. The van der Waals surface area contributed by atoms with Crippen LogP contribution in [0.3, 0.4) is 0 Å². The maximum atomic E-state index is 6.62. The highest BCUT2D eigenvalue weighted by Gasteiger charge is 2.19. The Kier molecular flexibility index (Phi) is 4.31. The van der Waals surface area contributed by atoms with Gasteiger partial charge in [-0.1, -0.05) is 66.2 Å². The van der Waals surface area contributed by atoms with Gasteiger partial charge in [-0.3, -0.25) is 0 Å². The van der Waals surface area contributed by atoms with E-state index in [0.29, 0.717) is 0 Å². The number of benzene rings is 3. The second-order valence-corrected chi connectivity index (χ2v) is 6.86. The fraction of sp³-hybridized carbons (Fsp3) is 0.174. The minimum atomic E-state index is -0.256. The zero-order valence-electron chi connectivity index (χ0n) is 15.2. The Hall–Kier alpha value is -2.91. The van der Waals surface area contributed by atoms with Crippen molar-refractivity contribution >= 4 is 11.0 Å². The number of para-hydroxylation sites is 2. The quantitative estimate of drug-likeness (QED) is 0.582. The maximum absolute atomic E-state index is 6.62. The van der Waals surface area contributed by atoms with Crippen molar-refractivity contribution in [2.45, 2.75) is 26.4 Å². The molecule has 3 heteroatoms. The van der Waals surface area contributed by atoms with Gasteiger partial charge < -0.3 is 10.3 Å². The van der Waals surface area contributed by atoms with Crippen molar-refractivity contribution in [2.75, 3.05) is 0 Å².